The van der Waals surface area contributed by atoms with Crippen molar-refractivity contribution in [3.63, 3.8) is 0 Å². The Balaban J connectivity index is 1.37. The van der Waals surface area contributed by atoms with Crippen LogP contribution >= 0.6 is 0 Å². The van der Waals surface area contributed by atoms with Crippen LogP contribution in [-0.2, 0) is 0 Å². The molecule has 6 nitrogen and oxygen atoms in total. The quantitative estimate of drug-likeness (QED) is 0.183. The van der Waals surface area contributed by atoms with Crippen molar-refractivity contribution in [3.8, 4) is 34.3 Å². The molecule has 11 rings (SSSR count). The molecule has 0 atom stereocenters. The van der Waals surface area contributed by atoms with Gasteiger partial charge in [0.15, 0.2) is 0 Å². The van der Waals surface area contributed by atoms with Gasteiger partial charge in [0, 0.05) is 55.8 Å². The summed E-state index contributed by atoms with van der Waals surface area (Å²) in [6.45, 7) is 4.28. The van der Waals surface area contributed by atoms with Crippen LogP contribution in [0.1, 0.15) is 16.7 Å². The van der Waals surface area contributed by atoms with Crippen LogP contribution in [0, 0.1) is 25.2 Å². The smallest absolute Gasteiger partial charge is 0.0993 e. The summed E-state index contributed by atoms with van der Waals surface area (Å²) < 4.78 is 7.00. The summed E-state index contributed by atoms with van der Waals surface area (Å²) in [5, 5.41) is 17.7. The van der Waals surface area contributed by atoms with Crippen molar-refractivity contribution < 1.29 is 0 Å². The number of nitrogens with zero attached hydrogens (tertiary/aromatic N) is 6. The van der Waals surface area contributed by atoms with E-state index in [1.54, 1.807) is 0 Å². The zero-order valence-electron chi connectivity index (χ0n) is 30.2. The van der Waals surface area contributed by atoms with E-state index in [9.17, 15) is 5.26 Å². The molecule has 258 valence electrons. The predicted octanol–water partition coefficient (Wildman–Crippen LogP) is 11.9. The highest BCUT2D eigenvalue weighted by Gasteiger charge is 2.26. The van der Waals surface area contributed by atoms with E-state index in [-0.39, 0.29) is 0 Å². The van der Waals surface area contributed by atoms with E-state index in [1.165, 1.54) is 21.9 Å². The van der Waals surface area contributed by atoms with Crippen LogP contribution in [0.3, 0.4) is 0 Å². The number of aryl methyl sites for hydroxylation is 2. The number of rotatable bonds is 4. The van der Waals surface area contributed by atoms with E-state index < -0.39 is 0 Å². The van der Waals surface area contributed by atoms with Crippen molar-refractivity contribution in [2.45, 2.75) is 13.8 Å². The van der Waals surface area contributed by atoms with Crippen LogP contribution in [0.5, 0.6) is 0 Å². The third-order valence-corrected chi connectivity index (χ3v) is 11.2. The van der Waals surface area contributed by atoms with Crippen molar-refractivity contribution in [2.75, 3.05) is 0 Å². The maximum atomic E-state index is 10.8. The Hall–Kier alpha value is -7.49. The Morgan fingerprint density at radius 1 is 0.436 bits per heavy atom. The lowest BCUT2D eigenvalue weighted by atomic mass is 9.96. The van der Waals surface area contributed by atoms with Gasteiger partial charge < -0.3 is 13.7 Å². The number of benzene rings is 6. The second-order valence-electron chi connectivity index (χ2n) is 14.4. The van der Waals surface area contributed by atoms with Crippen LogP contribution in [0.15, 0.2) is 158 Å². The van der Waals surface area contributed by atoms with Gasteiger partial charge in [0.25, 0.3) is 0 Å². The Morgan fingerprint density at radius 2 is 0.891 bits per heavy atom. The van der Waals surface area contributed by atoms with Gasteiger partial charge in [-0.1, -0.05) is 77.9 Å². The van der Waals surface area contributed by atoms with Gasteiger partial charge in [-0.05, 0) is 80.6 Å². The molecule has 0 unspecified atom stereocenters. The van der Waals surface area contributed by atoms with Crippen molar-refractivity contribution >= 4 is 65.4 Å². The number of nitriles is 1. The van der Waals surface area contributed by atoms with Crippen molar-refractivity contribution in [1.29, 1.82) is 5.26 Å². The zero-order chi connectivity index (χ0) is 36.8. The van der Waals surface area contributed by atoms with E-state index >= 15 is 0 Å². The molecule has 0 bridgehead atoms. The molecule has 0 aliphatic carbocycles. The minimum absolute atomic E-state index is 0.576. The average molecular weight is 705 g/mol. The first kappa shape index (κ1) is 31.1. The molecular formula is C49H32N6. The molecule has 0 fully saturated rings. The fraction of sp³-hybridized carbons (Fsp3) is 0.0408. The molecule has 0 radical (unpaired) electrons. The Kier molecular flexibility index (Phi) is 6.64. The van der Waals surface area contributed by atoms with Crippen molar-refractivity contribution in [3.05, 3.63) is 175 Å². The van der Waals surface area contributed by atoms with Crippen molar-refractivity contribution in [1.82, 2.24) is 23.7 Å². The number of hydrogen-bond acceptors (Lipinski definition) is 3. The Labute approximate surface area is 316 Å². The molecule has 0 aliphatic heterocycles. The second-order valence-corrected chi connectivity index (χ2v) is 14.4. The minimum atomic E-state index is 0.576. The van der Waals surface area contributed by atoms with Gasteiger partial charge in [-0.3, -0.25) is 9.97 Å². The third kappa shape index (κ3) is 4.47. The maximum absolute atomic E-state index is 10.8. The molecule has 0 aliphatic rings. The van der Waals surface area contributed by atoms with Gasteiger partial charge in [0.2, 0.25) is 0 Å². The maximum Gasteiger partial charge on any atom is 0.0993 e. The summed E-state index contributed by atoms with van der Waals surface area (Å²) in [5.41, 5.74) is 14.1. The third-order valence-electron chi connectivity index (χ3n) is 11.2. The first-order valence-corrected chi connectivity index (χ1v) is 18.5. The van der Waals surface area contributed by atoms with Crippen molar-refractivity contribution in [2.24, 2.45) is 0 Å². The van der Waals surface area contributed by atoms with E-state index in [0.29, 0.717) is 5.56 Å². The molecule has 6 heteroatoms. The Bertz CT molecular complexity index is 3230. The number of aromatic nitrogens is 5. The molecule has 0 spiro atoms. The van der Waals surface area contributed by atoms with E-state index in [1.807, 2.05) is 24.8 Å². The first-order chi connectivity index (χ1) is 27.1. The lowest BCUT2D eigenvalue weighted by Gasteiger charge is -2.23. The number of hydrogen-bond donors (Lipinski definition) is 0. The van der Waals surface area contributed by atoms with E-state index in [2.05, 4.69) is 177 Å². The summed E-state index contributed by atoms with van der Waals surface area (Å²) in [5.74, 6) is 0. The van der Waals surface area contributed by atoms with Gasteiger partial charge in [0.1, 0.15) is 0 Å². The molecule has 5 aromatic heterocycles. The molecule has 0 N–H and O–H groups in total. The molecule has 0 amide bonds. The van der Waals surface area contributed by atoms with E-state index in [4.69, 9.17) is 0 Å². The average Bonchev–Trinajstić information content (AvgIpc) is 3.85. The highest BCUT2D eigenvalue weighted by molar-refractivity contribution is 6.13. The topological polar surface area (TPSA) is 64.4 Å². The molecule has 11 aromatic rings. The lowest BCUT2D eigenvalue weighted by molar-refractivity contribution is 1.12. The minimum Gasteiger partial charge on any atom is -0.308 e. The Morgan fingerprint density at radius 3 is 1.44 bits per heavy atom. The molecule has 0 saturated heterocycles. The van der Waals surface area contributed by atoms with Gasteiger partial charge in [-0.15, -0.1) is 0 Å². The standard InChI is InChI=1S/C49H32N6/c1-30-15-17-43-38(23-30)33-9-3-6-12-40(33)53(43)45-25-32(27-50)26-46(54-41-13-7-4-10-34(41)39-24-31(2)16-18-44(39)54)49(45)37-11-5-8-14-42(37)55-47-28-51-21-19-35(47)36-20-22-52-29-48(36)55/h3-26,28-29H,1-2H3. The fourth-order valence-electron chi connectivity index (χ4n) is 8.85. The summed E-state index contributed by atoms with van der Waals surface area (Å²) >= 11 is 0. The molecule has 5 heterocycles. The van der Waals surface area contributed by atoms with Gasteiger partial charge in [-0.2, -0.15) is 5.26 Å². The summed E-state index contributed by atoms with van der Waals surface area (Å²) in [4.78, 5) is 9.20. The fourth-order valence-corrected chi connectivity index (χ4v) is 8.85. The number of para-hydroxylation sites is 3. The first-order valence-electron chi connectivity index (χ1n) is 18.5. The lowest BCUT2D eigenvalue weighted by Crippen LogP contribution is -2.07. The number of fused-ring (bicyclic) bond motifs is 9. The summed E-state index contributed by atoms with van der Waals surface area (Å²) in [6, 6.07) is 49.9. The van der Waals surface area contributed by atoms with E-state index in [0.717, 1.165) is 82.8 Å². The van der Waals surface area contributed by atoms with Crippen LogP contribution in [-0.4, -0.2) is 23.7 Å². The van der Waals surface area contributed by atoms with Crippen LogP contribution in [0.25, 0.3) is 93.6 Å². The monoisotopic (exact) mass is 704 g/mol. The van der Waals surface area contributed by atoms with Gasteiger partial charge >= 0.3 is 0 Å². The number of pyridine rings is 2. The molecule has 0 saturated carbocycles. The molecular weight excluding hydrogens is 673 g/mol. The summed E-state index contributed by atoms with van der Waals surface area (Å²) in [6.07, 6.45) is 7.58. The normalized spacial score (nSPS) is 11.8. The SMILES string of the molecule is Cc1ccc2c(c1)c1ccccc1n2-c1cc(C#N)cc(-n2c3ccccc3c3cc(C)ccc32)c1-c1ccccc1-n1c2cnccc2c2ccncc21. The molecule has 55 heavy (non-hydrogen) atoms. The largest absolute Gasteiger partial charge is 0.308 e. The highest BCUT2D eigenvalue weighted by Crippen LogP contribution is 2.45. The van der Waals surface area contributed by atoms with Gasteiger partial charge in [0.05, 0.1) is 74.2 Å². The highest BCUT2D eigenvalue weighted by atomic mass is 15.0. The van der Waals surface area contributed by atoms with Gasteiger partial charge in [-0.25, -0.2) is 0 Å². The van der Waals surface area contributed by atoms with Crippen LogP contribution < -0.4 is 0 Å². The van der Waals surface area contributed by atoms with Crippen LogP contribution in [0.4, 0.5) is 0 Å². The van der Waals surface area contributed by atoms with Crippen LogP contribution in [0.2, 0.25) is 0 Å². The zero-order valence-corrected chi connectivity index (χ0v) is 30.2. The summed E-state index contributed by atoms with van der Waals surface area (Å²) in [7, 11) is 0. The second kappa shape index (κ2) is 11.8. The predicted molar refractivity (Wildman–Crippen MR) is 225 cm³/mol. The molecule has 6 aromatic carbocycles.